The number of carbonyl (C=O) groups is 1. The number of hydrogen-bond donors (Lipinski definition) is 1. The number of amides is 1. The molecule has 1 amide bonds. The monoisotopic (exact) mass is 488 g/mol. The van der Waals surface area contributed by atoms with Gasteiger partial charge in [0.15, 0.2) is 11.0 Å². The van der Waals surface area contributed by atoms with E-state index in [1.54, 1.807) is 6.26 Å². The van der Waals surface area contributed by atoms with Crippen LogP contribution in [0.5, 0.6) is 0 Å². The Bertz CT molecular complexity index is 1270. The molecule has 0 spiro atoms. The summed E-state index contributed by atoms with van der Waals surface area (Å²) < 4.78 is 7.60. The average molecular weight is 489 g/mol. The molecule has 0 atom stereocenters. The average Bonchev–Trinajstić information content (AvgIpc) is 3.48. The summed E-state index contributed by atoms with van der Waals surface area (Å²) in [5.41, 5.74) is 4.27. The van der Waals surface area contributed by atoms with E-state index in [2.05, 4.69) is 74.4 Å². The van der Waals surface area contributed by atoms with Gasteiger partial charge in [-0.2, -0.15) is 0 Å². The lowest BCUT2D eigenvalue weighted by Gasteiger charge is -2.19. The van der Waals surface area contributed by atoms with Crippen LogP contribution in [0.2, 0.25) is 0 Å². The van der Waals surface area contributed by atoms with Gasteiger partial charge in [0, 0.05) is 11.3 Å². The third-order valence-corrected chi connectivity index (χ3v) is 6.78. The highest BCUT2D eigenvalue weighted by Gasteiger charge is 2.19. The molecule has 4 aromatic rings. The fraction of sp³-hybridized carbons (Fsp3) is 0.321. The molecule has 0 unspecified atom stereocenters. The van der Waals surface area contributed by atoms with Gasteiger partial charge < -0.3 is 9.73 Å². The van der Waals surface area contributed by atoms with E-state index in [0.717, 1.165) is 28.4 Å². The van der Waals surface area contributed by atoms with E-state index in [9.17, 15) is 4.79 Å². The zero-order valence-electron chi connectivity index (χ0n) is 20.9. The minimum Gasteiger partial charge on any atom is -0.467 e. The molecule has 0 bridgehead atoms. The number of hydrogen-bond acceptors (Lipinski definition) is 5. The Morgan fingerprint density at radius 1 is 1.03 bits per heavy atom. The van der Waals surface area contributed by atoms with E-state index in [0.29, 0.717) is 17.6 Å². The molecule has 35 heavy (non-hydrogen) atoms. The lowest BCUT2D eigenvalue weighted by molar-refractivity contribution is -0.113. The van der Waals surface area contributed by atoms with Crippen LogP contribution in [-0.2, 0) is 16.8 Å². The van der Waals surface area contributed by atoms with E-state index in [4.69, 9.17) is 4.42 Å². The highest BCUT2D eigenvalue weighted by atomic mass is 32.2. The number of nitrogens with one attached hydrogen (secondary N) is 1. The third-order valence-electron chi connectivity index (χ3n) is 5.81. The Morgan fingerprint density at radius 3 is 2.43 bits per heavy atom. The van der Waals surface area contributed by atoms with Crippen LogP contribution in [0.15, 0.2) is 76.5 Å². The van der Waals surface area contributed by atoms with Crippen molar-refractivity contribution in [2.75, 3.05) is 11.1 Å². The Morgan fingerprint density at radius 2 is 1.77 bits per heavy atom. The minimum atomic E-state index is -0.0771. The molecule has 2 heterocycles. The van der Waals surface area contributed by atoms with Crippen LogP contribution in [0.25, 0.3) is 11.4 Å². The van der Waals surface area contributed by atoms with Gasteiger partial charge in [0.05, 0.1) is 18.6 Å². The maximum Gasteiger partial charge on any atom is 0.234 e. The summed E-state index contributed by atoms with van der Waals surface area (Å²) in [4.78, 5) is 12.8. The molecule has 7 heteroatoms. The highest BCUT2D eigenvalue weighted by molar-refractivity contribution is 7.99. The number of para-hydroxylation sites is 1. The quantitative estimate of drug-likeness (QED) is 0.278. The van der Waals surface area contributed by atoms with E-state index in [1.165, 1.54) is 17.3 Å². The van der Waals surface area contributed by atoms with Crippen molar-refractivity contribution >= 4 is 23.4 Å². The Kier molecular flexibility index (Phi) is 7.45. The molecule has 0 fully saturated rings. The first-order chi connectivity index (χ1) is 16.7. The van der Waals surface area contributed by atoms with Crippen LogP contribution in [-0.4, -0.2) is 26.4 Å². The van der Waals surface area contributed by atoms with Gasteiger partial charge in [-0.25, -0.2) is 0 Å². The maximum atomic E-state index is 12.8. The van der Waals surface area contributed by atoms with Gasteiger partial charge in [-0.1, -0.05) is 88.8 Å². The lowest BCUT2D eigenvalue weighted by atomic mass is 9.87. The topological polar surface area (TPSA) is 73.0 Å². The van der Waals surface area contributed by atoms with Gasteiger partial charge in [-0.05, 0) is 40.7 Å². The summed E-state index contributed by atoms with van der Waals surface area (Å²) in [6.45, 7) is 11.3. The van der Waals surface area contributed by atoms with Gasteiger partial charge in [0.25, 0.3) is 0 Å². The predicted octanol–water partition coefficient (Wildman–Crippen LogP) is 6.74. The molecule has 0 saturated heterocycles. The van der Waals surface area contributed by atoms with Crippen molar-refractivity contribution < 1.29 is 9.21 Å². The number of anilines is 1. The second-order valence-electron chi connectivity index (χ2n) is 9.88. The first kappa shape index (κ1) is 24.8. The number of carbonyl (C=O) groups excluding carboxylic acids is 1. The van der Waals surface area contributed by atoms with Gasteiger partial charge in [0.1, 0.15) is 5.76 Å². The SMILES string of the molecule is CC(C)c1ccccc1NC(=O)CSc1nnc(-c2ccc(C(C)(C)C)cc2)n1Cc1ccco1. The first-order valence-corrected chi connectivity index (χ1v) is 12.8. The summed E-state index contributed by atoms with van der Waals surface area (Å²) in [7, 11) is 0. The first-order valence-electron chi connectivity index (χ1n) is 11.8. The maximum absolute atomic E-state index is 12.8. The molecule has 2 aromatic carbocycles. The fourth-order valence-electron chi connectivity index (χ4n) is 3.86. The number of thioether (sulfide) groups is 1. The van der Waals surface area contributed by atoms with Crippen LogP contribution in [0, 0.1) is 0 Å². The summed E-state index contributed by atoms with van der Waals surface area (Å²) in [5, 5.41) is 12.6. The molecule has 0 aliphatic heterocycles. The van der Waals surface area contributed by atoms with Crippen LogP contribution in [0.4, 0.5) is 5.69 Å². The fourth-order valence-corrected chi connectivity index (χ4v) is 4.60. The van der Waals surface area contributed by atoms with Gasteiger partial charge in [-0.15, -0.1) is 10.2 Å². The van der Waals surface area contributed by atoms with Crippen LogP contribution in [0.3, 0.4) is 0 Å². The predicted molar refractivity (Wildman–Crippen MR) is 142 cm³/mol. The van der Waals surface area contributed by atoms with Crippen LogP contribution in [0.1, 0.15) is 57.4 Å². The summed E-state index contributed by atoms with van der Waals surface area (Å²) in [6, 6.07) is 20.1. The van der Waals surface area contributed by atoms with Crippen molar-refractivity contribution in [3.8, 4) is 11.4 Å². The van der Waals surface area contributed by atoms with E-state index >= 15 is 0 Å². The van der Waals surface area contributed by atoms with Gasteiger partial charge in [-0.3, -0.25) is 9.36 Å². The smallest absolute Gasteiger partial charge is 0.234 e. The van der Waals surface area contributed by atoms with E-state index in [1.807, 2.05) is 41.0 Å². The van der Waals surface area contributed by atoms with Crippen molar-refractivity contribution in [2.24, 2.45) is 0 Å². The highest BCUT2D eigenvalue weighted by Crippen LogP contribution is 2.29. The second kappa shape index (κ2) is 10.5. The second-order valence-corrected chi connectivity index (χ2v) is 10.8. The molecule has 1 N–H and O–H groups in total. The molecule has 4 rings (SSSR count). The van der Waals surface area contributed by atoms with E-state index < -0.39 is 0 Å². The summed E-state index contributed by atoms with van der Waals surface area (Å²) >= 11 is 1.37. The number of benzene rings is 2. The van der Waals surface area contributed by atoms with Crippen LogP contribution < -0.4 is 5.32 Å². The molecule has 182 valence electrons. The molecule has 2 aromatic heterocycles. The Labute approximate surface area is 211 Å². The number of nitrogens with zero attached hydrogens (tertiary/aromatic N) is 3. The number of furan rings is 1. The largest absolute Gasteiger partial charge is 0.467 e. The summed E-state index contributed by atoms with van der Waals surface area (Å²) in [5.74, 6) is 2.02. The third kappa shape index (κ3) is 6.03. The van der Waals surface area contributed by atoms with Crippen molar-refractivity contribution in [3.05, 3.63) is 83.8 Å². The molecular formula is C28H32N4O2S. The van der Waals surface area contributed by atoms with Gasteiger partial charge in [0.2, 0.25) is 5.91 Å². The lowest BCUT2D eigenvalue weighted by Crippen LogP contribution is -2.16. The minimum absolute atomic E-state index is 0.0724. The zero-order chi connectivity index (χ0) is 25.0. The van der Waals surface area contributed by atoms with Gasteiger partial charge >= 0.3 is 0 Å². The van der Waals surface area contributed by atoms with Crippen molar-refractivity contribution in [3.63, 3.8) is 0 Å². The molecule has 6 nitrogen and oxygen atoms in total. The molecule has 0 saturated carbocycles. The van der Waals surface area contributed by atoms with Crippen molar-refractivity contribution in [1.29, 1.82) is 0 Å². The van der Waals surface area contributed by atoms with Crippen molar-refractivity contribution in [1.82, 2.24) is 14.8 Å². The standard InChI is InChI=1S/C28H32N4O2S/c1-19(2)23-10-6-7-11-24(23)29-25(33)18-35-27-31-30-26(32(27)17-22-9-8-16-34-22)20-12-14-21(15-13-20)28(3,4)5/h6-16,19H,17-18H2,1-5H3,(H,29,33). The Balaban J connectivity index is 1.55. The molecule has 0 aliphatic rings. The van der Waals surface area contributed by atoms with Crippen LogP contribution >= 0.6 is 11.8 Å². The number of rotatable bonds is 8. The van der Waals surface area contributed by atoms with Crippen molar-refractivity contribution in [2.45, 2.75) is 57.7 Å². The zero-order valence-corrected chi connectivity index (χ0v) is 21.7. The molecule has 0 radical (unpaired) electrons. The Hall–Kier alpha value is -3.32. The molecule has 0 aliphatic carbocycles. The normalized spacial score (nSPS) is 11.7. The molecular weight excluding hydrogens is 456 g/mol. The summed E-state index contributed by atoms with van der Waals surface area (Å²) in [6.07, 6.45) is 1.66. The number of aromatic nitrogens is 3. The van der Waals surface area contributed by atoms with E-state index in [-0.39, 0.29) is 17.1 Å².